The van der Waals surface area contributed by atoms with Crippen LogP contribution in [0.5, 0.6) is 11.5 Å². The number of aryl methyl sites for hydroxylation is 1. The Labute approximate surface area is 193 Å². The van der Waals surface area contributed by atoms with E-state index in [1.165, 1.54) is 18.3 Å². The van der Waals surface area contributed by atoms with Gasteiger partial charge in [-0.25, -0.2) is 9.37 Å². The third-order valence-electron chi connectivity index (χ3n) is 6.77. The van der Waals surface area contributed by atoms with Gasteiger partial charge in [0.15, 0.2) is 13.2 Å². The Hall–Kier alpha value is -2.58. The molecule has 3 unspecified atom stereocenters. The Balaban J connectivity index is 1.08. The first kappa shape index (κ1) is 21.3. The molecule has 10 heteroatoms. The molecule has 32 heavy (non-hydrogen) atoms. The van der Waals surface area contributed by atoms with Gasteiger partial charge in [-0.1, -0.05) is 23.2 Å². The minimum atomic E-state index is -0.603. The summed E-state index contributed by atoms with van der Waals surface area (Å²) in [5.74, 6) is -0.384. The molecule has 0 radical (unpaired) electrons. The van der Waals surface area contributed by atoms with E-state index in [1.54, 1.807) is 6.07 Å². The number of carbonyl (C=O) groups excluding carboxylic acids is 2. The zero-order valence-corrected chi connectivity index (χ0v) is 18.6. The van der Waals surface area contributed by atoms with E-state index in [0.717, 1.165) is 24.5 Å². The highest BCUT2D eigenvalue weighted by atomic mass is 35.5. The number of ether oxygens (including phenoxy) is 2. The second kappa shape index (κ2) is 7.22. The first-order valence-corrected chi connectivity index (χ1v) is 10.9. The minimum Gasteiger partial charge on any atom is -0.484 e. The Morgan fingerprint density at radius 2 is 1.66 bits per heavy atom. The van der Waals surface area contributed by atoms with Crippen LogP contribution in [-0.2, 0) is 9.59 Å². The molecule has 1 heterocycles. The SMILES string of the molecule is Cc1cc(OCC(=O)NC23CC4(NC(=O)COc5ccc(Cl)c(F)c5)CC24C3)cnc1Cl. The summed E-state index contributed by atoms with van der Waals surface area (Å²) in [4.78, 5) is 28.7. The number of carbonyl (C=O) groups is 2. The molecule has 7 nitrogen and oxygen atoms in total. The summed E-state index contributed by atoms with van der Waals surface area (Å²) in [5.41, 5.74) is 0.141. The van der Waals surface area contributed by atoms with Crippen LogP contribution < -0.4 is 20.1 Å². The molecule has 168 valence electrons. The van der Waals surface area contributed by atoms with Crippen molar-refractivity contribution in [2.75, 3.05) is 13.2 Å². The maximum Gasteiger partial charge on any atom is 0.258 e. The molecule has 0 aliphatic heterocycles. The summed E-state index contributed by atoms with van der Waals surface area (Å²) in [7, 11) is 0. The Bertz CT molecular complexity index is 1060. The average Bonchev–Trinajstić information content (AvgIpc) is 3.48. The van der Waals surface area contributed by atoms with E-state index in [2.05, 4.69) is 15.6 Å². The number of amides is 2. The molecule has 1 aromatic carbocycles. The van der Waals surface area contributed by atoms with Crippen LogP contribution in [0.1, 0.15) is 24.8 Å². The van der Waals surface area contributed by atoms with Crippen LogP contribution in [0.4, 0.5) is 4.39 Å². The molecular weight excluding hydrogens is 460 g/mol. The summed E-state index contributed by atoms with van der Waals surface area (Å²) in [5, 5.41) is 6.48. The van der Waals surface area contributed by atoms with E-state index in [1.807, 2.05) is 6.92 Å². The zero-order chi connectivity index (χ0) is 22.7. The van der Waals surface area contributed by atoms with Crippen molar-refractivity contribution >= 4 is 35.0 Å². The maximum absolute atomic E-state index is 13.5. The molecule has 2 N–H and O–H groups in total. The van der Waals surface area contributed by atoms with Gasteiger partial charge in [0, 0.05) is 11.5 Å². The third-order valence-corrected chi connectivity index (χ3v) is 7.47. The molecule has 3 aliphatic rings. The quantitative estimate of drug-likeness (QED) is 0.567. The lowest BCUT2D eigenvalue weighted by atomic mass is 9.86. The number of rotatable bonds is 8. The lowest BCUT2D eigenvalue weighted by molar-refractivity contribution is -0.125. The number of nitrogens with one attached hydrogen (secondary N) is 2. The van der Waals surface area contributed by atoms with Crippen molar-refractivity contribution in [3.05, 3.63) is 52.0 Å². The largest absolute Gasteiger partial charge is 0.484 e. The number of nitrogens with zero attached hydrogens (tertiary/aromatic N) is 1. The third kappa shape index (κ3) is 3.36. The zero-order valence-electron chi connectivity index (χ0n) is 17.1. The fourth-order valence-electron chi connectivity index (χ4n) is 5.17. The normalized spacial score (nSPS) is 28.5. The van der Waals surface area contributed by atoms with E-state index < -0.39 is 5.82 Å². The van der Waals surface area contributed by atoms with Crippen LogP contribution in [0, 0.1) is 18.2 Å². The Kier molecular flexibility index (Phi) is 4.80. The van der Waals surface area contributed by atoms with Crippen LogP contribution in [-0.4, -0.2) is 41.1 Å². The summed E-state index contributed by atoms with van der Waals surface area (Å²) < 4.78 is 24.3. The number of hydrogen-bond acceptors (Lipinski definition) is 5. The monoisotopic (exact) mass is 479 g/mol. The molecular formula is C22H20Cl2FN3O4. The van der Waals surface area contributed by atoms with Crippen molar-refractivity contribution < 1.29 is 23.5 Å². The Morgan fingerprint density at radius 3 is 2.22 bits per heavy atom. The molecule has 3 atom stereocenters. The highest BCUT2D eigenvalue weighted by Crippen LogP contribution is 2.90. The minimum absolute atomic E-state index is 0.00690. The van der Waals surface area contributed by atoms with Crippen LogP contribution in [0.15, 0.2) is 30.5 Å². The van der Waals surface area contributed by atoms with E-state index >= 15 is 0 Å². The Morgan fingerprint density at radius 1 is 1.03 bits per heavy atom. The summed E-state index contributed by atoms with van der Waals surface area (Å²) in [6.45, 7) is 1.47. The fraction of sp³-hybridized carbons (Fsp3) is 0.409. The number of benzene rings is 1. The van der Waals surface area contributed by atoms with Crippen LogP contribution >= 0.6 is 23.2 Å². The highest BCUT2D eigenvalue weighted by molar-refractivity contribution is 6.30. The van der Waals surface area contributed by atoms with Crippen molar-refractivity contribution in [3.8, 4) is 11.5 Å². The molecule has 3 fully saturated rings. The molecule has 0 saturated heterocycles. The van der Waals surface area contributed by atoms with Gasteiger partial charge in [0.05, 0.1) is 22.3 Å². The van der Waals surface area contributed by atoms with Crippen LogP contribution in [0.3, 0.4) is 0 Å². The second-order valence-electron chi connectivity index (χ2n) is 8.80. The van der Waals surface area contributed by atoms with E-state index in [0.29, 0.717) is 17.3 Å². The lowest BCUT2D eigenvalue weighted by Gasteiger charge is -2.35. The van der Waals surface area contributed by atoms with Gasteiger partial charge in [-0.3, -0.25) is 9.59 Å². The summed E-state index contributed by atoms with van der Waals surface area (Å²) >= 11 is 11.5. The van der Waals surface area contributed by atoms with Gasteiger partial charge < -0.3 is 20.1 Å². The van der Waals surface area contributed by atoms with E-state index in [-0.39, 0.29) is 52.3 Å². The van der Waals surface area contributed by atoms with Gasteiger partial charge in [-0.05, 0) is 49.9 Å². The van der Waals surface area contributed by atoms with Gasteiger partial charge in [-0.15, -0.1) is 0 Å². The fourth-order valence-corrected chi connectivity index (χ4v) is 5.39. The lowest BCUT2D eigenvalue weighted by Crippen LogP contribution is -2.57. The number of pyridine rings is 1. The topological polar surface area (TPSA) is 89.6 Å². The van der Waals surface area contributed by atoms with E-state index in [9.17, 15) is 14.0 Å². The molecule has 5 rings (SSSR count). The van der Waals surface area contributed by atoms with Gasteiger partial charge in [0.2, 0.25) is 0 Å². The standard InChI is InChI=1S/C22H20Cl2FN3O4/c1-12-4-14(6-26-19(12)24)32-8-18(30)28-22-10-20(22)9-21(20,11-22)27-17(29)7-31-13-2-3-15(23)16(25)5-13/h2-6H,7-11H2,1H3,(H,27,29)(H,28,30). The maximum atomic E-state index is 13.5. The molecule has 3 aliphatic carbocycles. The second-order valence-corrected chi connectivity index (χ2v) is 9.57. The van der Waals surface area contributed by atoms with E-state index in [4.69, 9.17) is 32.7 Å². The molecule has 1 aromatic heterocycles. The number of halogens is 3. The van der Waals surface area contributed by atoms with Gasteiger partial charge in [0.25, 0.3) is 11.8 Å². The van der Waals surface area contributed by atoms with Crippen molar-refractivity contribution in [2.24, 2.45) is 5.41 Å². The summed E-state index contributed by atoms with van der Waals surface area (Å²) in [6, 6.07) is 5.75. The van der Waals surface area contributed by atoms with Gasteiger partial charge in [-0.2, -0.15) is 0 Å². The van der Waals surface area contributed by atoms with Crippen LogP contribution in [0.2, 0.25) is 10.2 Å². The smallest absolute Gasteiger partial charge is 0.258 e. The predicted octanol–water partition coefficient (Wildman–Crippen LogP) is 3.20. The van der Waals surface area contributed by atoms with Crippen molar-refractivity contribution in [2.45, 2.75) is 37.3 Å². The van der Waals surface area contributed by atoms with Gasteiger partial charge >= 0.3 is 0 Å². The molecule has 2 amide bonds. The first-order chi connectivity index (χ1) is 15.2. The first-order valence-electron chi connectivity index (χ1n) is 10.1. The van der Waals surface area contributed by atoms with Crippen molar-refractivity contribution in [3.63, 3.8) is 0 Å². The predicted molar refractivity (Wildman–Crippen MR) is 114 cm³/mol. The highest BCUT2D eigenvalue weighted by Gasteiger charge is 2.98. The molecule has 0 bridgehead atoms. The number of aromatic nitrogens is 1. The summed E-state index contributed by atoms with van der Waals surface area (Å²) in [6.07, 6.45) is 3.80. The average molecular weight is 480 g/mol. The molecule has 3 saturated carbocycles. The van der Waals surface area contributed by atoms with Crippen molar-refractivity contribution in [1.29, 1.82) is 0 Å². The van der Waals surface area contributed by atoms with Gasteiger partial charge in [0.1, 0.15) is 22.5 Å². The molecule has 2 aromatic rings. The van der Waals surface area contributed by atoms with Crippen molar-refractivity contribution in [1.82, 2.24) is 15.6 Å². The molecule has 1 spiro atoms. The number of hydrogen-bond donors (Lipinski definition) is 2. The van der Waals surface area contributed by atoms with Crippen LogP contribution in [0.25, 0.3) is 0 Å².